The molecule has 2 rings (SSSR count). The molecule has 1 unspecified atom stereocenters. The average molecular weight is 310 g/mol. The van der Waals surface area contributed by atoms with E-state index in [-0.39, 0.29) is 6.10 Å². The van der Waals surface area contributed by atoms with Crippen LogP contribution in [0.1, 0.15) is 17.2 Å². The SMILES string of the molecule is CNCC(OCc1ccccc1Cl)c1ccccc1Cl. The third-order valence-corrected chi connectivity index (χ3v) is 3.75. The number of likely N-dealkylation sites (N-methyl/N-ethyl adjacent to an activating group) is 1. The lowest BCUT2D eigenvalue weighted by molar-refractivity contribution is 0.0412. The van der Waals surface area contributed by atoms with Crippen LogP contribution in [0.25, 0.3) is 0 Å². The first-order valence-electron chi connectivity index (χ1n) is 6.46. The smallest absolute Gasteiger partial charge is 0.0968 e. The maximum atomic E-state index is 6.23. The van der Waals surface area contributed by atoms with Crippen LogP contribution in [0, 0.1) is 0 Å². The number of benzene rings is 2. The topological polar surface area (TPSA) is 21.3 Å². The first-order chi connectivity index (χ1) is 9.72. The summed E-state index contributed by atoms with van der Waals surface area (Å²) < 4.78 is 5.98. The fourth-order valence-corrected chi connectivity index (χ4v) is 2.43. The lowest BCUT2D eigenvalue weighted by Gasteiger charge is -2.19. The standard InChI is InChI=1S/C16H17Cl2NO/c1-19-10-16(13-7-3-5-9-15(13)18)20-11-12-6-2-4-8-14(12)17/h2-9,16,19H,10-11H2,1H3. The highest BCUT2D eigenvalue weighted by Gasteiger charge is 2.15. The first-order valence-corrected chi connectivity index (χ1v) is 7.22. The highest BCUT2D eigenvalue weighted by molar-refractivity contribution is 6.31. The zero-order chi connectivity index (χ0) is 14.4. The highest BCUT2D eigenvalue weighted by atomic mass is 35.5. The molecular formula is C16H17Cl2NO. The molecule has 2 nitrogen and oxygen atoms in total. The third-order valence-electron chi connectivity index (χ3n) is 3.04. The molecule has 1 N–H and O–H groups in total. The van der Waals surface area contributed by atoms with Crippen LogP contribution in [0.3, 0.4) is 0 Å². The van der Waals surface area contributed by atoms with Crippen molar-refractivity contribution in [1.29, 1.82) is 0 Å². The molecule has 106 valence electrons. The molecule has 0 aromatic heterocycles. The lowest BCUT2D eigenvalue weighted by Crippen LogP contribution is -2.20. The molecule has 0 radical (unpaired) electrons. The molecule has 0 aliphatic carbocycles. The lowest BCUT2D eigenvalue weighted by atomic mass is 10.1. The van der Waals surface area contributed by atoms with Gasteiger partial charge in [-0.25, -0.2) is 0 Å². The molecule has 0 fully saturated rings. The van der Waals surface area contributed by atoms with Crippen molar-refractivity contribution in [1.82, 2.24) is 5.32 Å². The molecular weight excluding hydrogens is 293 g/mol. The van der Waals surface area contributed by atoms with Crippen molar-refractivity contribution in [3.63, 3.8) is 0 Å². The van der Waals surface area contributed by atoms with Gasteiger partial charge >= 0.3 is 0 Å². The van der Waals surface area contributed by atoms with Gasteiger partial charge in [0, 0.05) is 22.2 Å². The summed E-state index contributed by atoms with van der Waals surface area (Å²) in [5.74, 6) is 0. The van der Waals surface area contributed by atoms with Crippen LogP contribution < -0.4 is 5.32 Å². The van der Waals surface area contributed by atoms with Gasteiger partial charge in [0.15, 0.2) is 0 Å². The fourth-order valence-electron chi connectivity index (χ4n) is 1.99. The molecule has 4 heteroatoms. The number of ether oxygens (including phenoxy) is 1. The second kappa shape index (κ2) is 7.65. The Labute approximate surface area is 129 Å². The normalized spacial score (nSPS) is 12.3. The van der Waals surface area contributed by atoms with Crippen molar-refractivity contribution in [2.75, 3.05) is 13.6 Å². The number of halogens is 2. The molecule has 20 heavy (non-hydrogen) atoms. The maximum Gasteiger partial charge on any atom is 0.0968 e. The second-order valence-electron chi connectivity index (χ2n) is 4.47. The minimum atomic E-state index is -0.107. The Bertz CT molecular complexity index is 560. The Morgan fingerprint density at radius 3 is 2.30 bits per heavy atom. The minimum absolute atomic E-state index is 0.107. The van der Waals surface area contributed by atoms with E-state index in [0.717, 1.165) is 16.1 Å². The number of rotatable bonds is 6. The molecule has 0 heterocycles. The van der Waals surface area contributed by atoms with Crippen molar-refractivity contribution in [2.24, 2.45) is 0 Å². The van der Waals surface area contributed by atoms with Crippen LogP contribution in [0.4, 0.5) is 0 Å². The zero-order valence-corrected chi connectivity index (χ0v) is 12.8. The summed E-state index contributed by atoms with van der Waals surface area (Å²) in [6.45, 7) is 1.14. The molecule has 0 saturated carbocycles. The van der Waals surface area contributed by atoms with E-state index in [0.29, 0.717) is 18.2 Å². The van der Waals surface area contributed by atoms with E-state index in [2.05, 4.69) is 5.32 Å². The summed E-state index contributed by atoms with van der Waals surface area (Å²) in [6.07, 6.45) is -0.107. The summed E-state index contributed by atoms with van der Waals surface area (Å²) >= 11 is 12.4. The monoisotopic (exact) mass is 309 g/mol. The maximum absolute atomic E-state index is 6.23. The van der Waals surface area contributed by atoms with Crippen molar-refractivity contribution < 1.29 is 4.74 Å². The van der Waals surface area contributed by atoms with E-state index in [4.69, 9.17) is 27.9 Å². The third kappa shape index (κ3) is 3.97. The molecule has 1 atom stereocenters. The van der Waals surface area contributed by atoms with Crippen LogP contribution in [-0.2, 0) is 11.3 Å². The van der Waals surface area contributed by atoms with Gasteiger partial charge in [0.1, 0.15) is 0 Å². The number of hydrogen-bond acceptors (Lipinski definition) is 2. The van der Waals surface area contributed by atoms with E-state index in [1.54, 1.807) is 0 Å². The quantitative estimate of drug-likeness (QED) is 0.850. The fraction of sp³-hybridized carbons (Fsp3) is 0.250. The minimum Gasteiger partial charge on any atom is -0.367 e. The molecule has 0 bridgehead atoms. The molecule has 0 aliphatic heterocycles. The Morgan fingerprint density at radius 1 is 1.00 bits per heavy atom. The van der Waals surface area contributed by atoms with E-state index < -0.39 is 0 Å². The first kappa shape index (κ1) is 15.3. The van der Waals surface area contributed by atoms with Crippen LogP contribution >= 0.6 is 23.2 Å². The van der Waals surface area contributed by atoms with Gasteiger partial charge in [-0.1, -0.05) is 59.6 Å². The van der Waals surface area contributed by atoms with Gasteiger partial charge in [-0.15, -0.1) is 0 Å². The molecule has 0 aliphatic rings. The Hall–Kier alpha value is -1.06. The van der Waals surface area contributed by atoms with E-state index in [1.807, 2.05) is 55.6 Å². The second-order valence-corrected chi connectivity index (χ2v) is 5.28. The predicted octanol–water partition coefficient (Wildman–Crippen LogP) is 4.47. The predicted molar refractivity (Wildman–Crippen MR) is 84.4 cm³/mol. The van der Waals surface area contributed by atoms with Crippen molar-refractivity contribution >= 4 is 23.2 Å². The van der Waals surface area contributed by atoms with Gasteiger partial charge in [-0.2, -0.15) is 0 Å². The summed E-state index contributed by atoms with van der Waals surface area (Å²) in [7, 11) is 1.89. The molecule has 0 spiro atoms. The molecule has 2 aromatic carbocycles. The summed E-state index contributed by atoms with van der Waals surface area (Å²) in [4.78, 5) is 0. The summed E-state index contributed by atoms with van der Waals surface area (Å²) in [6, 6.07) is 15.4. The molecule has 2 aromatic rings. The van der Waals surface area contributed by atoms with Crippen molar-refractivity contribution in [3.05, 3.63) is 69.7 Å². The van der Waals surface area contributed by atoms with Gasteiger partial charge in [-0.05, 0) is 24.7 Å². The van der Waals surface area contributed by atoms with Crippen molar-refractivity contribution in [2.45, 2.75) is 12.7 Å². The zero-order valence-electron chi connectivity index (χ0n) is 11.3. The van der Waals surface area contributed by atoms with E-state index in [1.165, 1.54) is 0 Å². The van der Waals surface area contributed by atoms with Gasteiger partial charge < -0.3 is 10.1 Å². The van der Waals surface area contributed by atoms with Gasteiger partial charge in [-0.3, -0.25) is 0 Å². The highest BCUT2D eigenvalue weighted by Crippen LogP contribution is 2.27. The van der Waals surface area contributed by atoms with E-state index >= 15 is 0 Å². The van der Waals surface area contributed by atoms with Crippen LogP contribution in [0.15, 0.2) is 48.5 Å². The Balaban J connectivity index is 2.11. The van der Waals surface area contributed by atoms with E-state index in [9.17, 15) is 0 Å². The van der Waals surface area contributed by atoms with Crippen LogP contribution in [0.5, 0.6) is 0 Å². The van der Waals surface area contributed by atoms with Crippen molar-refractivity contribution in [3.8, 4) is 0 Å². The number of nitrogens with one attached hydrogen (secondary N) is 1. The van der Waals surface area contributed by atoms with Crippen LogP contribution in [-0.4, -0.2) is 13.6 Å². The largest absolute Gasteiger partial charge is 0.367 e. The summed E-state index contributed by atoms with van der Waals surface area (Å²) in [5.41, 5.74) is 1.96. The average Bonchev–Trinajstić information content (AvgIpc) is 2.46. The van der Waals surface area contributed by atoms with Gasteiger partial charge in [0.05, 0.1) is 12.7 Å². The van der Waals surface area contributed by atoms with Crippen LogP contribution in [0.2, 0.25) is 10.0 Å². The summed E-state index contributed by atoms with van der Waals surface area (Å²) in [5, 5.41) is 4.56. The Kier molecular flexibility index (Phi) is 5.86. The molecule has 0 saturated heterocycles. The Morgan fingerprint density at radius 2 is 1.65 bits per heavy atom. The molecule has 0 amide bonds. The van der Waals surface area contributed by atoms with Gasteiger partial charge in [0.25, 0.3) is 0 Å². The number of hydrogen-bond donors (Lipinski definition) is 1. The van der Waals surface area contributed by atoms with Gasteiger partial charge in [0.2, 0.25) is 0 Å².